The first-order valence-electron chi connectivity index (χ1n) is 8.03. The number of amides is 1. The van der Waals surface area contributed by atoms with E-state index in [2.05, 4.69) is 12.1 Å². The second-order valence-corrected chi connectivity index (χ2v) is 5.85. The molecule has 1 amide bonds. The minimum Gasteiger partial charge on any atom is -0.369 e. The van der Waals surface area contributed by atoms with Crippen molar-refractivity contribution >= 4 is 5.91 Å². The summed E-state index contributed by atoms with van der Waals surface area (Å²) in [6.45, 7) is 0. The minimum atomic E-state index is -0.630. The summed E-state index contributed by atoms with van der Waals surface area (Å²) in [5, 5.41) is 17.9. The molecule has 3 aromatic rings. The highest BCUT2D eigenvalue weighted by molar-refractivity contribution is 5.88. The number of hydrogen-bond acceptors (Lipinski definition) is 3. The number of hydrogen-bond donors (Lipinski definition) is 1. The summed E-state index contributed by atoms with van der Waals surface area (Å²) in [5.41, 5.74) is 10.1. The van der Waals surface area contributed by atoms with Crippen LogP contribution in [0.3, 0.4) is 0 Å². The average Bonchev–Trinajstić information content (AvgIpc) is 2.69. The van der Waals surface area contributed by atoms with Gasteiger partial charge in [0, 0.05) is 0 Å². The molecule has 0 radical (unpaired) electrons. The summed E-state index contributed by atoms with van der Waals surface area (Å²) in [7, 11) is 0. The molecule has 124 valence electrons. The Balaban J connectivity index is 2.12. The van der Waals surface area contributed by atoms with Crippen molar-refractivity contribution in [2.24, 2.45) is 5.73 Å². The normalized spacial score (nSPS) is 11.2. The van der Waals surface area contributed by atoms with Crippen LogP contribution >= 0.6 is 0 Å². The lowest BCUT2D eigenvalue weighted by molar-refractivity contribution is -0.118. The summed E-state index contributed by atoms with van der Waals surface area (Å²) in [6, 6.07) is 25.8. The first kappa shape index (κ1) is 17.0. The van der Waals surface area contributed by atoms with Gasteiger partial charge in [-0.15, -0.1) is 0 Å². The van der Waals surface area contributed by atoms with Gasteiger partial charge in [-0.05, 0) is 46.5 Å². The largest absolute Gasteiger partial charge is 0.369 e. The Morgan fingerprint density at radius 1 is 0.808 bits per heavy atom. The monoisotopic (exact) mass is 337 g/mol. The Morgan fingerprint density at radius 3 is 1.88 bits per heavy atom. The van der Waals surface area contributed by atoms with Gasteiger partial charge in [-0.2, -0.15) is 10.5 Å². The molecule has 0 spiro atoms. The van der Waals surface area contributed by atoms with Crippen molar-refractivity contribution in [3.05, 3.63) is 95.1 Å². The molecule has 0 aliphatic heterocycles. The van der Waals surface area contributed by atoms with Crippen molar-refractivity contribution in [2.45, 2.75) is 5.92 Å². The van der Waals surface area contributed by atoms with Crippen molar-refractivity contribution < 1.29 is 4.79 Å². The molecule has 0 saturated heterocycles. The third kappa shape index (κ3) is 3.31. The van der Waals surface area contributed by atoms with E-state index in [4.69, 9.17) is 16.3 Å². The maximum absolute atomic E-state index is 12.3. The number of primary amides is 1. The van der Waals surface area contributed by atoms with Gasteiger partial charge < -0.3 is 5.73 Å². The zero-order valence-corrected chi connectivity index (χ0v) is 13.9. The lowest BCUT2D eigenvalue weighted by Crippen LogP contribution is -2.23. The molecule has 0 aliphatic rings. The smallest absolute Gasteiger partial charge is 0.229 e. The molecular formula is C22H15N3O. The van der Waals surface area contributed by atoms with Crippen LogP contribution in [0.1, 0.15) is 28.2 Å². The summed E-state index contributed by atoms with van der Waals surface area (Å²) in [6.07, 6.45) is 0. The molecule has 4 nitrogen and oxygen atoms in total. The number of benzene rings is 3. The van der Waals surface area contributed by atoms with Crippen LogP contribution in [0.5, 0.6) is 0 Å². The van der Waals surface area contributed by atoms with Crippen LogP contribution in [0, 0.1) is 22.7 Å². The molecule has 0 heterocycles. The van der Waals surface area contributed by atoms with Gasteiger partial charge in [0.15, 0.2) is 0 Å². The molecule has 1 atom stereocenters. The van der Waals surface area contributed by atoms with Crippen LogP contribution in [0.25, 0.3) is 11.1 Å². The van der Waals surface area contributed by atoms with E-state index in [1.54, 1.807) is 36.4 Å². The van der Waals surface area contributed by atoms with Gasteiger partial charge in [0.2, 0.25) is 5.91 Å². The minimum absolute atomic E-state index is 0.462. The highest BCUT2D eigenvalue weighted by atomic mass is 16.1. The van der Waals surface area contributed by atoms with Crippen molar-refractivity contribution in [3.8, 4) is 23.3 Å². The molecule has 0 fully saturated rings. The third-order valence-corrected chi connectivity index (χ3v) is 4.25. The van der Waals surface area contributed by atoms with Crippen LogP contribution in [0.4, 0.5) is 0 Å². The highest BCUT2D eigenvalue weighted by Crippen LogP contribution is 2.33. The van der Waals surface area contributed by atoms with Crippen LogP contribution in [-0.4, -0.2) is 5.91 Å². The van der Waals surface area contributed by atoms with Gasteiger partial charge in [0.05, 0.1) is 29.2 Å². The fourth-order valence-corrected chi connectivity index (χ4v) is 2.98. The number of nitrogens with zero attached hydrogens (tertiary/aromatic N) is 2. The third-order valence-electron chi connectivity index (χ3n) is 4.25. The predicted molar refractivity (Wildman–Crippen MR) is 98.8 cm³/mol. The number of carbonyl (C=O) groups is 1. The summed E-state index contributed by atoms with van der Waals surface area (Å²) in [4.78, 5) is 12.3. The first-order chi connectivity index (χ1) is 12.6. The van der Waals surface area contributed by atoms with Crippen molar-refractivity contribution in [2.75, 3.05) is 0 Å². The number of nitrogens with two attached hydrogens (primary N) is 1. The quantitative estimate of drug-likeness (QED) is 0.786. The van der Waals surface area contributed by atoms with Gasteiger partial charge in [-0.3, -0.25) is 4.79 Å². The number of rotatable bonds is 4. The SMILES string of the molecule is N#Cc1ccc(-c2ccccc2C(C(N)=O)c2ccc(C#N)cc2)cc1. The molecule has 4 heteroatoms. The van der Waals surface area contributed by atoms with Crippen molar-refractivity contribution in [1.82, 2.24) is 0 Å². The second kappa shape index (κ2) is 7.34. The van der Waals surface area contributed by atoms with Gasteiger partial charge >= 0.3 is 0 Å². The van der Waals surface area contributed by atoms with Crippen molar-refractivity contribution in [3.63, 3.8) is 0 Å². The molecule has 2 N–H and O–H groups in total. The number of nitriles is 2. The van der Waals surface area contributed by atoms with E-state index >= 15 is 0 Å². The lowest BCUT2D eigenvalue weighted by atomic mass is 9.85. The summed E-state index contributed by atoms with van der Waals surface area (Å²) >= 11 is 0. The fraction of sp³-hybridized carbons (Fsp3) is 0.0455. The fourth-order valence-electron chi connectivity index (χ4n) is 2.98. The van der Waals surface area contributed by atoms with Gasteiger partial charge in [-0.1, -0.05) is 48.5 Å². The second-order valence-electron chi connectivity index (χ2n) is 5.85. The molecule has 26 heavy (non-hydrogen) atoms. The van der Waals surface area contributed by atoms with E-state index in [0.29, 0.717) is 11.1 Å². The molecular weight excluding hydrogens is 322 g/mol. The van der Waals surface area contributed by atoms with Gasteiger partial charge in [-0.25, -0.2) is 0 Å². The van der Waals surface area contributed by atoms with Crippen LogP contribution in [0.2, 0.25) is 0 Å². The predicted octanol–water partition coefficient (Wildman–Crippen LogP) is 3.71. The Kier molecular flexibility index (Phi) is 4.78. The number of carbonyl (C=O) groups excluding carboxylic acids is 1. The first-order valence-corrected chi connectivity index (χ1v) is 8.03. The van der Waals surface area contributed by atoms with Gasteiger partial charge in [0.1, 0.15) is 0 Å². The van der Waals surface area contributed by atoms with Gasteiger partial charge in [0.25, 0.3) is 0 Å². The maximum Gasteiger partial charge on any atom is 0.229 e. The Morgan fingerprint density at radius 2 is 1.35 bits per heavy atom. The van der Waals surface area contributed by atoms with E-state index in [0.717, 1.165) is 22.3 Å². The zero-order valence-electron chi connectivity index (χ0n) is 13.9. The molecule has 0 bridgehead atoms. The average molecular weight is 337 g/mol. The standard InChI is InChI=1S/C22H15N3O/c23-13-15-5-9-17(10-6-15)19-3-1-2-4-20(19)21(22(25)26)18-11-7-16(14-24)8-12-18/h1-12,21H,(H2,25,26). The van der Waals surface area contributed by atoms with E-state index in [9.17, 15) is 4.79 Å². The molecule has 3 aromatic carbocycles. The Hall–Kier alpha value is -3.89. The zero-order chi connectivity index (χ0) is 18.5. The van der Waals surface area contributed by atoms with Crippen LogP contribution < -0.4 is 5.73 Å². The maximum atomic E-state index is 12.3. The molecule has 0 aliphatic carbocycles. The Labute approximate surface area is 151 Å². The lowest BCUT2D eigenvalue weighted by Gasteiger charge is -2.18. The molecule has 3 rings (SSSR count). The topological polar surface area (TPSA) is 90.7 Å². The summed E-state index contributed by atoms with van der Waals surface area (Å²) in [5.74, 6) is -1.09. The van der Waals surface area contributed by atoms with Crippen molar-refractivity contribution in [1.29, 1.82) is 10.5 Å². The van der Waals surface area contributed by atoms with E-state index in [-0.39, 0.29) is 0 Å². The van der Waals surface area contributed by atoms with Crippen LogP contribution in [0.15, 0.2) is 72.8 Å². The molecule has 1 unspecified atom stereocenters. The molecule has 0 saturated carbocycles. The molecule has 0 aromatic heterocycles. The summed E-state index contributed by atoms with van der Waals surface area (Å²) < 4.78 is 0. The van der Waals surface area contributed by atoms with E-state index in [1.807, 2.05) is 36.4 Å². The van der Waals surface area contributed by atoms with Crippen LogP contribution in [-0.2, 0) is 4.79 Å². The van der Waals surface area contributed by atoms with E-state index < -0.39 is 11.8 Å². The Bertz CT molecular complexity index is 1020. The highest BCUT2D eigenvalue weighted by Gasteiger charge is 2.23. The van der Waals surface area contributed by atoms with E-state index in [1.165, 1.54) is 0 Å².